The summed E-state index contributed by atoms with van der Waals surface area (Å²) in [4.78, 5) is 11.7. The summed E-state index contributed by atoms with van der Waals surface area (Å²) in [5.41, 5.74) is 1.64. The largest absolute Gasteiger partial charge is 0.463 e. The maximum atomic E-state index is 11.7. The van der Waals surface area contributed by atoms with Crippen LogP contribution in [0.1, 0.15) is 21.7 Å². The molecule has 22 heavy (non-hydrogen) atoms. The second kappa shape index (κ2) is 5.45. The number of rotatable bonds is 4. The van der Waals surface area contributed by atoms with Gasteiger partial charge in [-0.2, -0.15) is 0 Å². The zero-order valence-electron chi connectivity index (χ0n) is 12.6. The zero-order chi connectivity index (χ0) is 16.7. The number of nitrogens with one attached hydrogen (secondary N) is 1. The first kappa shape index (κ1) is 16.0. The number of methoxy groups -OCH3 is 1. The Bertz CT molecular complexity index is 867. The van der Waals surface area contributed by atoms with Gasteiger partial charge in [-0.1, -0.05) is 0 Å². The Morgan fingerprint density at radius 1 is 1.41 bits per heavy atom. The van der Waals surface area contributed by atoms with Gasteiger partial charge in [0.15, 0.2) is 0 Å². The fraction of sp³-hybridized carbons (Fsp3) is 0.286. The van der Waals surface area contributed by atoms with Crippen LogP contribution in [-0.2, 0) is 14.8 Å². The molecular weight excluding hydrogens is 308 g/mol. The van der Waals surface area contributed by atoms with Crippen LogP contribution < -0.4 is 4.31 Å². The molecule has 1 aromatic heterocycles. The van der Waals surface area contributed by atoms with Crippen LogP contribution in [0.2, 0.25) is 0 Å². The van der Waals surface area contributed by atoms with Gasteiger partial charge in [0.05, 0.1) is 19.1 Å². The second-order valence-electron chi connectivity index (χ2n) is 4.83. The summed E-state index contributed by atoms with van der Waals surface area (Å²) in [6.07, 6.45) is 2.12. The second-order valence-corrected chi connectivity index (χ2v) is 6.84. The number of hydrogen-bond acceptors (Lipinski definition) is 6. The highest BCUT2D eigenvalue weighted by atomic mass is 32.2. The minimum absolute atomic E-state index is 0.0626. The predicted octanol–water partition coefficient (Wildman–Crippen LogP) is 1.92. The van der Waals surface area contributed by atoms with E-state index < -0.39 is 16.0 Å². The van der Waals surface area contributed by atoms with Crippen LogP contribution in [0.15, 0.2) is 16.5 Å². The third-order valence-corrected chi connectivity index (χ3v) is 4.64. The van der Waals surface area contributed by atoms with Crippen LogP contribution in [0.3, 0.4) is 0 Å². The number of fused-ring (bicyclic) bond motifs is 1. The molecule has 0 aliphatic heterocycles. The van der Waals surface area contributed by atoms with Crippen molar-refractivity contribution in [3.63, 3.8) is 0 Å². The Hall–Kier alpha value is -2.35. The molecule has 0 saturated carbocycles. The summed E-state index contributed by atoms with van der Waals surface area (Å²) in [6.45, 7) is 1.70. The number of ether oxygens (including phenoxy) is 1. The highest BCUT2D eigenvalue weighted by Gasteiger charge is 2.22. The third kappa shape index (κ3) is 2.57. The molecule has 0 unspecified atom stereocenters. The Morgan fingerprint density at radius 3 is 2.55 bits per heavy atom. The summed E-state index contributed by atoms with van der Waals surface area (Å²) >= 11 is 0. The smallest absolute Gasteiger partial charge is 0.374 e. The maximum Gasteiger partial charge on any atom is 0.374 e. The Kier molecular flexibility index (Phi) is 3.97. The lowest BCUT2D eigenvalue weighted by Gasteiger charge is -2.18. The number of aryl methyl sites for hydroxylation is 1. The van der Waals surface area contributed by atoms with E-state index in [2.05, 4.69) is 4.74 Å². The number of carbonyl (C=O) groups excluding carboxylic acids is 1. The fourth-order valence-electron chi connectivity index (χ4n) is 2.13. The Balaban J connectivity index is 2.76. The number of anilines is 1. The quantitative estimate of drug-likeness (QED) is 0.684. The lowest BCUT2D eigenvalue weighted by molar-refractivity contribution is 0.0566. The van der Waals surface area contributed by atoms with Gasteiger partial charge < -0.3 is 14.6 Å². The Morgan fingerprint density at radius 2 is 2.05 bits per heavy atom. The molecule has 8 heteroatoms. The first-order valence-corrected chi connectivity index (χ1v) is 8.15. The van der Waals surface area contributed by atoms with Crippen molar-refractivity contribution in [2.75, 3.05) is 24.7 Å². The molecule has 7 nitrogen and oxygen atoms in total. The van der Waals surface area contributed by atoms with E-state index in [1.807, 2.05) is 0 Å². The van der Waals surface area contributed by atoms with Crippen molar-refractivity contribution in [1.82, 2.24) is 0 Å². The molecule has 1 aromatic carbocycles. The van der Waals surface area contributed by atoms with Gasteiger partial charge in [0.1, 0.15) is 5.58 Å². The zero-order valence-corrected chi connectivity index (χ0v) is 13.4. The third-order valence-electron chi connectivity index (χ3n) is 3.45. The van der Waals surface area contributed by atoms with E-state index in [0.29, 0.717) is 27.8 Å². The summed E-state index contributed by atoms with van der Waals surface area (Å²) in [5.74, 6) is -0.546. The van der Waals surface area contributed by atoms with Crippen LogP contribution in [0.25, 0.3) is 11.0 Å². The molecule has 0 fully saturated rings. The molecule has 2 rings (SSSR count). The predicted molar refractivity (Wildman–Crippen MR) is 83.4 cm³/mol. The van der Waals surface area contributed by atoms with Crippen LogP contribution in [-0.4, -0.2) is 41.0 Å². The van der Waals surface area contributed by atoms with Crippen molar-refractivity contribution in [2.45, 2.75) is 6.92 Å². The molecule has 0 radical (unpaired) electrons. The summed E-state index contributed by atoms with van der Waals surface area (Å²) < 4.78 is 34.6. The van der Waals surface area contributed by atoms with Gasteiger partial charge in [-0.15, -0.1) is 0 Å². The molecule has 0 aliphatic rings. The van der Waals surface area contributed by atoms with Crippen LogP contribution in [0.5, 0.6) is 0 Å². The molecule has 0 aliphatic carbocycles. The number of nitrogens with zero attached hydrogens (tertiary/aromatic N) is 1. The van der Waals surface area contributed by atoms with E-state index >= 15 is 0 Å². The van der Waals surface area contributed by atoms with Gasteiger partial charge in [0.2, 0.25) is 15.8 Å². The van der Waals surface area contributed by atoms with Crippen molar-refractivity contribution < 1.29 is 22.4 Å². The van der Waals surface area contributed by atoms with E-state index in [4.69, 9.17) is 9.83 Å². The van der Waals surface area contributed by atoms with Crippen LogP contribution in [0.4, 0.5) is 5.69 Å². The highest BCUT2D eigenvalue weighted by Crippen LogP contribution is 2.32. The average Bonchev–Trinajstić information content (AvgIpc) is 2.79. The van der Waals surface area contributed by atoms with Crippen molar-refractivity contribution in [3.05, 3.63) is 29.0 Å². The van der Waals surface area contributed by atoms with Crippen LogP contribution >= 0.6 is 0 Å². The molecule has 0 atom stereocenters. The number of esters is 1. The fourth-order valence-corrected chi connectivity index (χ4v) is 2.64. The molecule has 118 valence electrons. The van der Waals surface area contributed by atoms with Gasteiger partial charge in [-0.25, -0.2) is 13.2 Å². The molecule has 0 bridgehead atoms. The van der Waals surface area contributed by atoms with Crippen molar-refractivity contribution >= 4 is 38.9 Å². The molecular formula is C14H16N2O5S. The lowest BCUT2D eigenvalue weighted by atomic mass is 10.1. The molecule has 2 aromatic rings. The molecule has 0 spiro atoms. The number of carbonyl (C=O) groups is 1. The van der Waals surface area contributed by atoms with E-state index in [0.717, 1.165) is 16.8 Å². The number of hydrogen-bond donors (Lipinski definition) is 1. The van der Waals surface area contributed by atoms with Crippen molar-refractivity contribution in [1.29, 1.82) is 5.41 Å². The normalized spacial score (nSPS) is 11.5. The van der Waals surface area contributed by atoms with Crippen molar-refractivity contribution in [3.8, 4) is 0 Å². The van der Waals surface area contributed by atoms with Gasteiger partial charge in [-0.05, 0) is 13.0 Å². The Labute approximate surface area is 128 Å². The number of benzene rings is 1. The van der Waals surface area contributed by atoms with Crippen molar-refractivity contribution in [2.24, 2.45) is 0 Å². The first-order valence-electron chi connectivity index (χ1n) is 6.30. The summed E-state index contributed by atoms with van der Waals surface area (Å²) in [6, 6.07) is 3.11. The molecule has 0 amide bonds. The van der Waals surface area contributed by atoms with Crippen LogP contribution in [0, 0.1) is 12.3 Å². The van der Waals surface area contributed by atoms with E-state index in [-0.39, 0.29) is 5.76 Å². The van der Waals surface area contributed by atoms with E-state index in [1.54, 1.807) is 13.0 Å². The summed E-state index contributed by atoms with van der Waals surface area (Å²) in [5, 5.41) is 8.12. The summed E-state index contributed by atoms with van der Waals surface area (Å²) in [7, 11) is -0.844. The molecule has 0 saturated heterocycles. The van der Waals surface area contributed by atoms with E-state index in [9.17, 15) is 13.2 Å². The molecule has 1 N–H and O–H groups in total. The standard InChI is InChI=1S/C14H16N2O5S/c1-8-10-5-9(7-15)11(16(2)22(4,18)19)6-12(10)21-13(8)14(17)20-3/h5-7,15H,1-4H3. The SMILES string of the molecule is COC(=O)c1oc2cc(N(C)S(C)(=O)=O)c(C=N)cc2c1C. The maximum absolute atomic E-state index is 11.7. The highest BCUT2D eigenvalue weighted by molar-refractivity contribution is 7.92. The average molecular weight is 324 g/mol. The minimum atomic E-state index is -3.48. The van der Waals surface area contributed by atoms with Gasteiger partial charge in [0.25, 0.3) is 0 Å². The van der Waals surface area contributed by atoms with E-state index in [1.165, 1.54) is 20.2 Å². The first-order chi connectivity index (χ1) is 10.2. The van der Waals surface area contributed by atoms with Gasteiger partial charge >= 0.3 is 5.97 Å². The minimum Gasteiger partial charge on any atom is -0.463 e. The molecule has 1 heterocycles. The lowest BCUT2D eigenvalue weighted by Crippen LogP contribution is -2.25. The van der Waals surface area contributed by atoms with Gasteiger partial charge in [-0.3, -0.25) is 4.31 Å². The number of sulfonamides is 1. The monoisotopic (exact) mass is 324 g/mol. The number of furan rings is 1. The topological polar surface area (TPSA) is 101 Å². The van der Waals surface area contributed by atoms with Gasteiger partial charge in [0, 0.05) is 35.8 Å².